The van der Waals surface area contributed by atoms with Crippen molar-refractivity contribution >= 4 is 14.0 Å². The molecule has 0 radical (unpaired) electrons. The van der Waals surface area contributed by atoms with Crippen LogP contribution in [0.1, 0.15) is 26.7 Å². The van der Waals surface area contributed by atoms with E-state index in [-0.39, 0.29) is 0 Å². The second-order valence-electron chi connectivity index (χ2n) is 6.00. The van der Waals surface area contributed by atoms with Crippen molar-refractivity contribution in [1.29, 1.82) is 0 Å². The van der Waals surface area contributed by atoms with Gasteiger partial charge < -0.3 is 4.74 Å². The van der Waals surface area contributed by atoms with Crippen molar-refractivity contribution in [3.05, 3.63) is 24.6 Å². The smallest absolute Gasteiger partial charge is 0.303 e. The standard InChI is InChI=1S/C14H25FO2Si/c1-12(15)14(3,17-13(2)16)10-8-7-9-11-18(4,5)6/h7,9H,1,8,10-11H2,2-6H3/b9-7-. The number of hydrogen-bond donors (Lipinski definition) is 0. The first kappa shape index (κ1) is 17.1. The SMILES string of the molecule is C=C(F)C(C)(CC/C=C\C[Si](C)(C)C)OC(C)=O. The number of halogens is 1. The third kappa shape index (κ3) is 7.43. The van der Waals surface area contributed by atoms with Crippen molar-refractivity contribution in [1.82, 2.24) is 0 Å². The van der Waals surface area contributed by atoms with Crippen LogP contribution in [0.3, 0.4) is 0 Å². The fraction of sp³-hybridized carbons (Fsp3) is 0.643. The van der Waals surface area contributed by atoms with Crippen LogP contribution in [-0.4, -0.2) is 19.6 Å². The van der Waals surface area contributed by atoms with Gasteiger partial charge in [0.05, 0.1) is 0 Å². The minimum Gasteiger partial charge on any atom is -0.452 e. The molecule has 0 aliphatic heterocycles. The summed E-state index contributed by atoms with van der Waals surface area (Å²) in [6.45, 7) is 13.0. The van der Waals surface area contributed by atoms with E-state index in [0.29, 0.717) is 12.8 Å². The van der Waals surface area contributed by atoms with Gasteiger partial charge in [0.25, 0.3) is 0 Å². The summed E-state index contributed by atoms with van der Waals surface area (Å²) in [4.78, 5) is 10.9. The van der Waals surface area contributed by atoms with E-state index in [1.54, 1.807) is 6.92 Å². The molecule has 2 nitrogen and oxygen atoms in total. The van der Waals surface area contributed by atoms with Crippen LogP contribution >= 0.6 is 0 Å². The van der Waals surface area contributed by atoms with Gasteiger partial charge in [-0.3, -0.25) is 4.79 Å². The molecule has 0 fully saturated rings. The molecule has 18 heavy (non-hydrogen) atoms. The van der Waals surface area contributed by atoms with E-state index in [1.165, 1.54) is 6.92 Å². The van der Waals surface area contributed by atoms with Gasteiger partial charge >= 0.3 is 5.97 Å². The molecule has 1 unspecified atom stereocenters. The molecule has 0 aromatic heterocycles. The maximum absolute atomic E-state index is 13.3. The molecule has 0 rings (SSSR count). The fourth-order valence-electron chi connectivity index (χ4n) is 1.47. The highest BCUT2D eigenvalue weighted by molar-refractivity contribution is 6.76. The Morgan fingerprint density at radius 2 is 1.94 bits per heavy atom. The van der Waals surface area contributed by atoms with Crippen LogP contribution in [0.4, 0.5) is 4.39 Å². The fourth-order valence-corrected chi connectivity index (χ4v) is 2.35. The summed E-state index contributed by atoms with van der Waals surface area (Å²) in [7, 11) is -1.06. The molecule has 4 heteroatoms. The maximum atomic E-state index is 13.3. The molecule has 0 aromatic rings. The number of carbonyl (C=O) groups is 1. The zero-order chi connectivity index (χ0) is 14.4. The maximum Gasteiger partial charge on any atom is 0.303 e. The Bertz CT molecular complexity index is 331. The van der Waals surface area contributed by atoms with Crippen LogP contribution in [0.15, 0.2) is 24.6 Å². The summed E-state index contributed by atoms with van der Waals surface area (Å²) < 4.78 is 18.3. The molecule has 0 saturated heterocycles. The van der Waals surface area contributed by atoms with Gasteiger partial charge in [-0.2, -0.15) is 0 Å². The van der Waals surface area contributed by atoms with Crippen LogP contribution in [0.25, 0.3) is 0 Å². The largest absolute Gasteiger partial charge is 0.452 e. The molecule has 0 heterocycles. The summed E-state index contributed by atoms with van der Waals surface area (Å²) in [5, 5.41) is 0. The summed E-state index contributed by atoms with van der Waals surface area (Å²) in [5.41, 5.74) is -1.20. The minimum atomic E-state index is -1.20. The van der Waals surface area contributed by atoms with Gasteiger partial charge in [0.2, 0.25) is 0 Å². The summed E-state index contributed by atoms with van der Waals surface area (Å²) in [6, 6.07) is 1.11. The number of ether oxygens (including phenoxy) is 1. The second kappa shape index (κ2) is 6.88. The molecule has 0 aromatic carbocycles. The third-order valence-electron chi connectivity index (χ3n) is 2.63. The molecular formula is C14H25FO2Si. The molecule has 0 bridgehead atoms. The van der Waals surface area contributed by atoms with Crippen molar-refractivity contribution in [2.45, 2.75) is 58.0 Å². The Hall–Kier alpha value is -0.903. The van der Waals surface area contributed by atoms with Gasteiger partial charge in [0, 0.05) is 15.0 Å². The first-order valence-corrected chi connectivity index (χ1v) is 9.97. The van der Waals surface area contributed by atoms with Crippen LogP contribution in [0, 0.1) is 0 Å². The van der Waals surface area contributed by atoms with Crippen molar-refractivity contribution in [3.8, 4) is 0 Å². The monoisotopic (exact) mass is 272 g/mol. The van der Waals surface area contributed by atoms with Crippen LogP contribution in [0.5, 0.6) is 0 Å². The second-order valence-corrected chi connectivity index (χ2v) is 11.5. The Balaban J connectivity index is 4.30. The molecule has 0 N–H and O–H groups in total. The number of hydrogen-bond acceptors (Lipinski definition) is 2. The number of rotatable bonds is 7. The normalized spacial score (nSPS) is 15.4. The Morgan fingerprint density at radius 1 is 1.39 bits per heavy atom. The van der Waals surface area contributed by atoms with E-state index < -0.39 is 25.5 Å². The molecule has 104 valence electrons. The molecular weight excluding hydrogens is 247 g/mol. The highest BCUT2D eigenvalue weighted by Crippen LogP contribution is 2.27. The quantitative estimate of drug-likeness (QED) is 0.388. The lowest BCUT2D eigenvalue weighted by atomic mass is 9.98. The summed E-state index contributed by atoms with van der Waals surface area (Å²) >= 11 is 0. The Kier molecular flexibility index (Phi) is 6.53. The van der Waals surface area contributed by atoms with E-state index in [4.69, 9.17) is 4.74 Å². The van der Waals surface area contributed by atoms with Gasteiger partial charge in [-0.25, -0.2) is 4.39 Å². The van der Waals surface area contributed by atoms with Crippen LogP contribution < -0.4 is 0 Å². The van der Waals surface area contributed by atoms with Crippen molar-refractivity contribution in [2.24, 2.45) is 0 Å². The van der Waals surface area contributed by atoms with Gasteiger partial charge in [0.1, 0.15) is 5.83 Å². The number of allylic oxidation sites excluding steroid dienone is 2. The van der Waals surface area contributed by atoms with Gasteiger partial charge in [-0.05, 0) is 25.8 Å². The zero-order valence-corrected chi connectivity index (χ0v) is 13.2. The molecule has 0 spiro atoms. The van der Waals surface area contributed by atoms with Crippen LogP contribution in [-0.2, 0) is 9.53 Å². The zero-order valence-electron chi connectivity index (χ0n) is 12.2. The molecule has 0 saturated carbocycles. The Labute approximate surface area is 111 Å². The average Bonchev–Trinajstić information content (AvgIpc) is 2.13. The molecule has 0 aliphatic carbocycles. The lowest BCUT2D eigenvalue weighted by Crippen LogP contribution is -2.31. The van der Waals surface area contributed by atoms with Gasteiger partial charge in [-0.1, -0.05) is 38.4 Å². The average molecular weight is 272 g/mol. The van der Waals surface area contributed by atoms with Crippen molar-refractivity contribution < 1.29 is 13.9 Å². The highest BCUT2D eigenvalue weighted by Gasteiger charge is 2.31. The van der Waals surface area contributed by atoms with Gasteiger partial charge in [-0.15, -0.1) is 0 Å². The van der Waals surface area contributed by atoms with E-state index in [1.807, 2.05) is 6.08 Å². The Morgan fingerprint density at radius 3 is 2.33 bits per heavy atom. The first-order chi connectivity index (χ1) is 8.07. The van der Waals surface area contributed by atoms with Crippen molar-refractivity contribution in [3.63, 3.8) is 0 Å². The third-order valence-corrected chi connectivity index (χ3v) is 4.09. The molecule has 0 amide bonds. The molecule has 0 aliphatic rings. The highest BCUT2D eigenvalue weighted by atomic mass is 28.3. The molecule has 1 atom stereocenters. The topological polar surface area (TPSA) is 26.3 Å². The minimum absolute atomic E-state index is 0.421. The van der Waals surface area contributed by atoms with Crippen LogP contribution in [0.2, 0.25) is 25.7 Å². The predicted molar refractivity (Wildman–Crippen MR) is 76.9 cm³/mol. The number of esters is 1. The number of carbonyl (C=O) groups excluding carboxylic acids is 1. The predicted octanol–water partition coefficient (Wildman–Crippen LogP) is 4.47. The lowest BCUT2D eigenvalue weighted by Gasteiger charge is -2.26. The van der Waals surface area contributed by atoms with Gasteiger partial charge in [0.15, 0.2) is 5.60 Å². The lowest BCUT2D eigenvalue weighted by molar-refractivity contribution is -0.153. The first-order valence-electron chi connectivity index (χ1n) is 6.26. The van der Waals surface area contributed by atoms with E-state index in [9.17, 15) is 9.18 Å². The summed E-state index contributed by atoms with van der Waals surface area (Å²) in [6.07, 6.45) is 5.27. The van der Waals surface area contributed by atoms with E-state index in [0.717, 1.165) is 6.04 Å². The summed E-state index contributed by atoms with van der Waals surface area (Å²) in [5.74, 6) is -1.08. The van der Waals surface area contributed by atoms with E-state index >= 15 is 0 Å². The van der Waals surface area contributed by atoms with Crippen molar-refractivity contribution in [2.75, 3.05) is 0 Å². The van der Waals surface area contributed by atoms with E-state index in [2.05, 4.69) is 32.3 Å².